The van der Waals surface area contributed by atoms with Crippen LogP contribution in [0.4, 0.5) is 0 Å². The lowest BCUT2D eigenvalue weighted by Crippen LogP contribution is -2.66. The molecule has 4 heterocycles. The molecule has 10 nitrogen and oxygen atoms in total. The first kappa shape index (κ1) is 19.1. The lowest BCUT2D eigenvalue weighted by atomic mass is 10.0. The fourth-order valence-electron chi connectivity index (χ4n) is 4.67. The number of rotatable bonds is 4. The Morgan fingerprint density at radius 1 is 0.857 bits per heavy atom. The molecule has 0 spiro atoms. The van der Waals surface area contributed by atoms with Gasteiger partial charge in [-0.3, -0.25) is 29.0 Å². The van der Waals surface area contributed by atoms with Gasteiger partial charge in [-0.05, 0) is 19.9 Å². The van der Waals surface area contributed by atoms with Crippen molar-refractivity contribution in [1.82, 2.24) is 30.2 Å². The summed E-state index contributed by atoms with van der Waals surface area (Å²) in [5, 5.41) is 5.35. The number of fused-ring (bicyclic) bond motifs is 2. The Hall–Kier alpha value is -2.20. The van der Waals surface area contributed by atoms with E-state index in [1.165, 1.54) is 0 Å². The SMILES string of the molecule is CC(CCN1CCN2C(=O)C(=O)NCC2C1)N1CCN2C(=O)C(=O)NCC2C1. The van der Waals surface area contributed by atoms with Crippen molar-refractivity contribution in [2.45, 2.75) is 31.5 Å². The van der Waals surface area contributed by atoms with Crippen LogP contribution in [-0.2, 0) is 19.2 Å². The Labute approximate surface area is 164 Å². The summed E-state index contributed by atoms with van der Waals surface area (Å²) in [5.41, 5.74) is 0. The number of piperazine rings is 4. The first-order chi connectivity index (χ1) is 13.4. The highest BCUT2D eigenvalue weighted by atomic mass is 16.2. The molecule has 4 aliphatic rings. The molecule has 0 aromatic heterocycles. The minimum atomic E-state index is -0.491. The second-order valence-corrected chi connectivity index (χ2v) is 8.16. The van der Waals surface area contributed by atoms with E-state index in [2.05, 4.69) is 27.4 Å². The zero-order valence-electron chi connectivity index (χ0n) is 16.2. The van der Waals surface area contributed by atoms with E-state index in [1.54, 1.807) is 9.80 Å². The van der Waals surface area contributed by atoms with Crippen molar-refractivity contribution in [3.05, 3.63) is 0 Å². The molecule has 0 aromatic rings. The number of amides is 4. The van der Waals surface area contributed by atoms with Crippen molar-refractivity contribution in [3.63, 3.8) is 0 Å². The average Bonchev–Trinajstić information content (AvgIpc) is 2.71. The van der Waals surface area contributed by atoms with Crippen LogP contribution >= 0.6 is 0 Å². The minimum Gasteiger partial charge on any atom is -0.346 e. The smallest absolute Gasteiger partial charge is 0.312 e. The van der Waals surface area contributed by atoms with E-state index < -0.39 is 23.6 Å². The van der Waals surface area contributed by atoms with Crippen molar-refractivity contribution in [1.29, 1.82) is 0 Å². The van der Waals surface area contributed by atoms with Crippen LogP contribution in [0.5, 0.6) is 0 Å². The first-order valence-corrected chi connectivity index (χ1v) is 10.1. The van der Waals surface area contributed by atoms with Gasteiger partial charge in [-0.15, -0.1) is 0 Å². The molecular weight excluding hydrogens is 364 g/mol. The molecular formula is C18H28N6O4. The highest BCUT2D eigenvalue weighted by Crippen LogP contribution is 2.18. The normalized spacial score (nSPS) is 30.5. The predicted octanol–water partition coefficient (Wildman–Crippen LogP) is -2.95. The molecule has 0 saturated carbocycles. The quantitative estimate of drug-likeness (QED) is 0.496. The predicted molar refractivity (Wildman–Crippen MR) is 99.1 cm³/mol. The van der Waals surface area contributed by atoms with Crippen molar-refractivity contribution >= 4 is 23.6 Å². The van der Waals surface area contributed by atoms with E-state index in [-0.39, 0.29) is 12.1 Å². The zero-order chi connectivity index (χ0) is 19.8. The molecule has 3 atom stereocenters. The summed E-state index contributed by atoms with van der Waals surface area (Å²) >= 11 is 0. The Balaban J connectivity index is 1.25. The van der Waals surface area contributed by atoms with E-state index in [0.717, 1.165) is 39.1 Å². The van der Waals surface area contributed by atoms with E-state index in [1.807, 2.05) is 0 Å². The monoisotopic (exact) mass is 392 g/mol. The molecule has 0 radical (unpaired) electrons. The summed E-state index contributed by atoms with van der Waals surface area (Å²) in [6.07, 6.45) is 1.00. The van der Waals surface area contributed by atoms with Gasteiger partial charge in [0.05, 0.1) is 12.1 Å². The van der Waals surface area contributed by atoms with E-state index in [0.29, 0.717) is 32.2 Å². The number of carbonyl (C=O) groups excluding carboxylic acids is 4. The lowest BCUT2D eigenvalue weighted by molar-refractivity contribution is -0.153. The van der Waals surface area contributed by atoms with Gasteiger partial charge in [0.1, 0.15) is 0 Å². The molecule has 0 aliphatic carbocycles. The Bertz CT molecular complexity index is 685. The maximum absolute atomic E-state index is 12.0. The third-order valence-electron chi connectivity index (χ3n) is 6.47. The molecule has 4 amide bonds. The van der Waals surface area contributed by atoms with Gasteiger partial charge in [-0.2, -0.15) is 0 Å². The van der Waals surface area contributed by atoms with Gasteiger partial charge in [-0.25, -0.2) is 0 Å². The molecule has 154 valence electrons. The van der Waals surface area contributed by atoms with Crippen LogP contribution in [0, 0.1) is 0 Å². The van der Waals surface area contributed by atoms with Crippen molar-refractivity contribution in [3.8, 4) is 0 Å². The summed E-state index contributed by atoms with van der Waals surface area (Å²) in [4.78, 5) is 55.1. The maximum atomic E-state index is 12.0. The fraction of sp³-hybridized carbons (Fsp3) is 0.778. The molecule has 4 saturated heterocycles. The van der Waals surface area contributed by atoms with E-state index in [4.69, 9.17) is 0 Å². The second kappa shape index (κ2) is 7.67. The summed E-state index contributed by atoms with van der Waals surface area (Å²) in [6.45, 7) is 8.55. The van der Waals surface area contributed by atoms with Crippen molar-refractivity contribution in [2.24, 2.45) is 0 Å². The van der Waals surface area contributed by atoms with Crippen LogP contribution in [0.15, 0.2) is 0 Å². The Kier molecular flexibility index (Phi) is 5.24. The Morgan fingerprint density at radius 3 is 2.07 bits per heavy atom. The summed E-state index contributed by atoms with van der Waals surface area (Å²) < 4.78 is 0. The fourth-order valence-corrected chi connectivity index (χ4v) is 4.67. The lowest BCUT2D eigenvalue weighted by Gasteiger charge is -2.46. The Morgan fingerprint density at radius 2 is 1.43 bits per heavy atom. The second-order valence-electron chi connectivity index (χ2n) is 8.16. The molecule has 3 unspecified atom stereocenters. The molecule has 4 fully saturated rings. The third-order valence-corrected chi connectivity index (χ3v) is 6.47. The van der Waals surface area contributed by atoms with Crippen LogP contribution in [0.1, 0.15) is 13.3 Å². The number of hydrogen-bond acceptors (Lipinski definition) is 6. The van der Waals surface area contributed by atoms with Crippen LogP contribution in [0.3, 0.4) is 0 Å². The maximum Gasteiger partial charge on any atom is 0.312 e. The van der Waals surface area contributed by atoms with Gasteiger partial charge in [0.25, 0.3) is 0 Å². The third kappa shape index (κ3) is 3.58. The molecule has 0 bridgehead atoms. The topological polar surface area (TPSA) is 105 Å². The van der Waals surface area contributed by atoms with Gasteiger partial charge in [0.2, 0.25) is 0 Å². The standard InChI is InChI=1S/C18H28N6O4/c1-12(22-5-7-24-14(11-22)9-20-16(26)18(24)28)2-3-21-4-6-23-13(10-21)8-19-15(25)17(23)27/h12-14H,2-11H2,1H3,(H,19,25)(H,20,26). The minimum absolute atomic E-state index is 0.0572. The van der Waals surface area contributed by atoms with Gasteiger partial charge in [0.15, 0.2) is 0 Å². The highest BCUT2D eigenvalue weighted by Gasteiger charge is 2.39. The van der Waals surface area contributed by atoms with Crippen LogP contribution < -0.4 is 10.6 Å². The van der Waals surface area contributed by atoms with Gasteiger partial charge < -0.3 is 20.4 Å². The zero-order valence-corrected chi connectivity index (χ0v) is 16.2. The number of carbonyl (C=O) groups is 4. The highest BCUT2D eigenvalue weighted by molar-refractivity contribution is 6.36. The first-order valence-electron chi connectivity index (χ1n) is 10.1. The average molecular weight is 392 g/mol. The van der Waals surface area contributed by atoms with Crippen molar-refractivity contribution in [2.75, 3.05) is 58.9 Å². The molecule has 4 rings (SSSR count). The van der Waals surface area contributed by atoms with Gasteiger partial charge in [-0.1, -0.05) is 0 Å². The van der Waals surface area contributed by atoms with Gasteiger partial charge >= 0.3 is 23.6 Å². The molecule has 4 aliphatic heterocycles. The summed E-state index contributed by atoms with van der Waals surface area (Å²) in [5.74, 6) is -1.80. The molecule has 28 heavy (non-hydrogen) atoms. The summed E-state index contributed by atoms with van der Waals surface area (Å²) in [6, 6.07) is 0.497. The largest absolute Gasteiger partial charge is 0.346 e. The summed E-state index contributed by atoms with van der Waals surface area (Å²) in [7, 11) is 0. The number of hydrogen-bond donors (Lipinski definition) is 2. The molecule has 10 heteroatoms. The number of nitrogens with zero attached hydrogens (tertiary/aromatic N) is 4. The van der Waals surface area contributed by atoms with Crippen LogP contribution in [-0.4, -0.2) is 120 Å². The van der Waals surface area contributed by atoms with Crippen LogP contribution in [0.2, 0.25) is 0 Å². The van der Waals surface area contributed by atoms with Gasteiger partial charge in [0, 0.05) is 58.4 Å². The van der Waals surface area contributed by atoms with Crippen molar-refractivity contribution < 1.29 is 19.2 Å². The molecule has 2 N–H and O–H groups in total. The van der Waals surface area contributed by atoms with E-state index in [9.17, 15) is 19.2 Å². The molecule has 0 aromatic carbocycles. The van der Waals surface area contributed by atoms with E-state index >= 15 is 0 Å². The number of nitrogens with one attached hydrogen (secondary N) is 2. The van der Waals surface area contributed by atoms with Crippen LogP contribution in [0.25, 0.3) is 0 Å².